The first-order valence-electron chi connectivity index (χ1n) is 3.40. The molecule has 2 N–H and O–H groups in total. The fourth-order valence-electron chi connectivity index (χ4n) is 0.943. The third kappa shape index (κ3) is 2.16. The molecule has 0 saturated carbocycles. The summed E-state index contributed by atoms with van der Waals surface area (Å²) in [5, 5.41) is 0. The SMILES string of the molecule is CCC1(N)C=CC=CC1.Cl. The predicted octanol–water partition coefficient (Wildman–Crippen LogP) is 2.03. The molecule has 0 aromatic carbocycles. The van der Waals surface area contributed by atoms with Crippen molar-refractivity contribution in [3.8, 4) is 0 Å². The molecule has 10 heavy (non-hydrogen) atoms. The average Bonchev–Trinajstić information content (AvgIpc) is 1.90. The summed E-state index contributed by atoms with van der Waals surface area (Å²) < 4.78 is 0. The minimum atomic E-state index is -0.0469. The lowest BCUT2D eigenvalue weighted by Crippen LogP contribution is -2.36. The Morgan fingerprint density at radius 2 is 2.20 bits per heavy atom. The van der Waals surface area contributed by atoms with Gasteiger partial charge < -0.3 is 5.73 Å². The molecule has 0 radical (unpaired) electrons. The number of hydrogen-bond donors (Lipinski definition) is 1. The number of rotatable bonds is 1. The Hall–Kier alpha value is -0.270. The van der Waals surface area contributed by atoms with Crippen molar-refractivity contribution in [2.45, 2.75) is 25.3 Å². The number of allylic oxidation sites excluding steroid dienone is 2. The second kappa shape index (κ2) is 3.79. The second-order valence-corrected chi connectivity index (χ2v) is 2.58. The molecular weight excluding hydrogens is 146 g/mol. The van der Waals surface area contributed by atoms with Gasteiger partial charge in [-0.1, -0.05) is 31.2 Å². The van der Waals surface area contributed by atoms with Crippen molar-refractivity contribution < 1.29 is 0 Å². The Kier molecular flexibility index (Phi) is 3.69. The van der Waals surface area contributed by atoms with Gasteiger partial charge in [-0.05, 0) is 12.8 Å². The van der Waals surface area contributed by atoms with Crippen LogP contribution in [0.1, 0.15) is 19.8 Å². The van der Waals surface area contributed by atoms with E-state index in [-0.39, 0.29) is 17.9 Å². The van der Waals surface area contributed by atoms with Gasteiger partial charge in [0.15, 0.2) is 0 Å². The summed E-state index contributed by atoms with van der Waals surface area (Å²) in [5.41, 5.74) is 5.87. The fraction of sp³-hybridized carbons (Fsp3) is 0.500. The lowest BCUT2D eigenvalue weighted by molar-refractivity contribution is 0.513. The van der Waals surface area contributed by atoms with E-state index >= 15 is 0 Å². The Bertz CT molecular complexity index is 151. The number of halogens is 1. The Balaban J connectivity index is 0.000000810. The van der Waals surface area contributed by atoms with Crippen LogP contribution in [-0.2, 0) is 0 Å². The molecule has 0 fully saturated rings. The molecule has 1 aliphatic carbocycles. The van der Waals surface area contributed by atoms with Gasteiger partial charge in [0.25, 0.3) is 0 Å². The quantitative estimate of drug-likeness (QED) is 0.623. The topological polar surface area (TPSA) is 26.0 Å². The van der Waals surface area contributed by atoms with Crippen LogP contribution in [0.15, 0.2) is 24.3 Å². The van der Waals surface area contributed by atoms with Crippen LogP contribution in [0.5, 0.6) is 0 Å². The summed E-state index contributed by atoms with van der Waals surface area (Å²) in [6.45, 7) is 2.11. The van der Waals surface area contributed by atoms with Gasteiger partial charge >= 0.3 is 0 Å². The standard InChI is InChI=1S/C8H13N.ClH/c1-2-8(9)6-4-3-5-7-8;/h3-6H,2,7,9H2,1H3;1H. The van der Waals surface area contributed by atoms with Crippen LogP contribution in [0, 0.1) is 0 Å². The molecule has 58 valence electrons. The van der Waals surface area contributed by atoms with Crippen LogP contribution in [0.3, 0.4) is 0 Å². The van der Waals surface area contributed by atoms with E-state index in [0.29, 0.717) is 0 Å². The van der Waals surface area contributed by atoms with Crippen LogP contribution in [-0.4, -0.2) is 5.54 Å². The Labute approximate surface area is 68.4 Å². The van der Waals surface area contributed by atoms with Crippen LogP contribution in [0.2, 0.25) is 0 Å². The van der Waals surface area contributed by atoms with E-state index in [1.54, 1.807) is 0 Å². The summed E-state index contributed by atoms with van der Waals surface area (Å²) >= 11 is 0. The summed E-state index contributed by atoms with van der Waals surface area (Å²) in [7, 11) is 0. The molecular formula is C8H14ClN. The first kappa shape index (κ1) is 9.73. The van der Waals surface area contributed by atoms with Gasteiger partial charge in [0.2, 0.25) is 0 Å². The second-order valence-electron chi connectivity index (χ2n) is 2.58. The maximum absolute atomic E-state index is 5.92. The Morgan fingerprint density at radius 3 is 2.50 bits per heavy atom. The zero-order valence-electron chi connectivity index (χ0n) is 6.21. The highest BCUT2D eigenvalue weighted by Crippen LogP contribution is 2.17. The summed E-state index contributed by atoms with van der Waals surface area (Å²) in [5.74, 6) is 0. The first-order valence-corrected chi connectivity index (χ1v) is 3.40. The maximum Gasteiger partial charge on any atom is 0.0374 e. The van der Waals surface area contributed by atoms with Gasteiger partial charge in [-0.25, -0.2) is 0 Å². The summed E-state index contributed by atoms with van der Waals surface area (Å²) in [6, 6.07) is 0. The third-order valence-corrected chi connectivity index (χ3v) is 1.83. The average molecular weight is 160 g/mol. The predicted molar refractivity (Wildman–Crippen MR) is 47.4 cm³/mol. The fourth-order valence-corrected chi connectivity index (χ4v) is 0.943. The largest absolute Gasteiger partial charge is 0.322 e. The molecule has 2 heteroatoms. The molecule has 0 aromatic rings. The summed E-state index contributed by atoms with van der Waals surface area (Å²) in [4.78, 5) is 0. The molecule has 1 nitrogen and oxygen atoms in total. The van der Waals surface area contributed by atoms with Crippen molar-refractivity contribution in [3.63, 3.8) is 0 Å². The van der Waals surface area contributed by atoms with Crippen molar-refractivity contribution >= 4 is 12.4 Å². The van der Waals surface area contributed by atoms with E-state index in [4.69, 9.17) is 5.73 Å². The smallest absolute Gasteiger partial charge is 0.0374 e. The van der Waals surface area contributed by atoms with E-state index in [2.05, 4.69) is 19.1 Å². The van der Waals surface area contributed by atoms with Crippen molar-refractivity contribution in [2.24, 2.45) is 5.73 Å². The van der Waals surface area contributed by atoms with Gasteiger partial charge in [-0.15, -0.1) is 12.4 Å². The highest BCUT2D eigenvalue weighted by molar-refractivity contribution is 5.85. The lowest BCUT2D eigenvalue weighted by Gasteiger charge is -2.23. The molecule has 0 bridgehead atoms. The van der Waals surface area contributed by atoms with Crippen LogP contribution < -0.4 is 5.73 Å². The van der Waals surface area contributed by atoms with Crippen LogP contribution in [0.4, 0.5) is 0 Å². The Morgan fingerprint density at radius 1 is 1.50 bits per heavy atom. The van der Waals surface area contributed by atoms with E-state index in [0.717, 1.165) is 12.8 Å². The maximum atomic E-state index is 5.92. The highest BCUT2D eigenvalue weighted by atomic mass is 35.5. The molecule has 0 saturated heterocycles. The van der Waals surface area contributed by atoms with Gasteiger partial charge in [-0.3, -0.25) is 0 Å². The normalized spacial score (nSPS) is 29.8. The van der Waals surface area contributed by atoms with Crippen molar-refractivity contribution in [1.82, 2.24) is 0 Å². The van der Waals surface area contributed by atoms with Crippen molar-refractivity contribution in [1.29, 1.82) is 0 Å². The number of nitrogens with two attached hydrogens (primary N) is 1. The van der Waals surface area contributed by atoms with Crippen molar-refractivity contribution in [2.75, 3.05) is 0 Å². The molecule has 0 aliphatic heterocycles. The van der Waals surface area contributed by atoms with E-state index < -0.39 is 0 Å². The molecule has 1 aliphatic rings. The number of hydrogen-bond acceptors (Lipinski definition) is 1. The monoisotopic (exact) mass is 159 g/mol. The van der Waals surface area contributed by atoms with Crippen molar-refractivity contribution in [3.05, 3.63) is 24.3 Å². The summed E-state index contributed by atoms with van der Waals surface area (Å²) in [6.07, 6.45) is 10.3. The third-order valence-electron chi connectivity index (χ3n) is 1.83. The molecule has 0 heterocycles. The van der Waals surface area contributed by atoms with Gasteiger partial charge in [0, 0.05) is 5.54 Å². The molecule has 0 amide bonds. The van der Waals surface area contributed by atoms with Gasteiger partial charge in [0.05, 0.1) is 0 Å². The van der Waals surface area contributed by atoms with Crippen LogP contribution >= 0.6 is 12.4 Å². The lowest BCUT2D eigenvalue weighted by atomic mass is 9.90. The van der Waals surface area contributed by atoms with E-state index in [1.807, 2.05) is 12.2 Å². The minimum Gasteiger partial charge on any atom is -0.322 e. The first-order chi connectivity index (χ1) is 4.27. The van der Waals surface area contributed by atoms with Gasteiger partial charge in [-0.2, -0.15) is 0 Å². The molecule has 1 unspecified atom stereocenters. The molecule has 1 atom stereocenters. The van der Waals surface area contributed by atoms with Crippen LogP contribution in [0.25, 0.3) is 0 Å². The van der Waals surface area contributed by atoms with E-state index in [1.165, 1.54) is 0 Å². The molecule has 1 rings (SSSR count). The zero-order valence-corrected chi connectivity index (χ0v) is 7.03. The molecule has 0 aromatic heterocycles. The zero-order chi connectivity index (χ0) is 6.74. The molecule has 0 spiro atoms. The highest BCUT2D eigenvalue weighted by Gasteiger charge is 2.17. The van der Waals surface area contributed by atoms with Gasteiger partial charge in [0.1, 0.15) is 0 Å². The van der Waals surface area contributed by atoms with E-state index in [9.17, 15) is 0 Å². The minimum absolute atomic E-state index is 0.